The average molecular weight is 347 g/mol. The summed E-state index contributed by atoms with van der Waals surface area (Å²) in [5.41, 5.74) is 1.92. The van der Waals surface area contributed by atoms with Crippen LogP contribution >= 0.6 is 0 Å². The van der Waals surface area contributed by atoms with Crippen LogP contribution in [0.3, 0.4) is 0 Å². The first-order valence-corrected chi connectivity index (χ1v) is 9.09. The number of hydrogen-bond donors (Lipinski definition) is 2. The van der Waals surface area contributed by atoms with Crippen molar-refractivity contribution in [2.75, 3.05) is 38.8 Å². The molecule has 7 nitrogen and oxygen atoms in total. The number of rotatable bonds is 6. The van der Waals surface area contributed by atoms with Gasteiger partial charge in [0.25, 0.3) is 5.91 Å². The SMILES string of the molecule is CNC(=O)c1nc(C)c(C)c(N2CC[C@@H](NC3CC(COC)C3)C2)n1. The van der Waals surface area contributed by atoms with Gasteiger partial charge in [-0.2, -0.15) is 0 Å². The maximum Gasteiger partial charge on any atom is 0.288 e. The van der Waals surface area contributed by atoms with Crippen molar-refractivity contribution >= 4 is 11.7 Å². The zero-order chi connectivity index (χ0) is 18.0. The Hall–Kier alpha value is -1.73. The summed E-state index contributed by atoms with van der Waals surface area (Å²) in [7, 11) is 3.38. The van der Waals surface area contributed by atoms with Gasteiger partial charge in [-0.15, -0.1) is 0 Å². The first kappa shape index (κ1) is 18.1. The lowest BCUT2D eigenvalue weighted by atomic mass is 9.80. The standard InChI is InChI=1S/C18H29N5O2/c1-11-12(2)20-16(18(24)19-3)22-17(11)23-6-5-14(9-23)21-15-7-13(8-15)10-25-4/h13-15,21H,5-10H2,1-4H3,(H,19,24)/t13?,14-,15?/m1/s1. The quantitative estimate of drug-likeness (QED) is 0.801. The van der Waals surface area contributed by atoms with Crippen LogP contribution in [-0.4, -0.2) is 61.8 Å². The Morgan fingerprint density at radius 3 is 2.72 bits per heavy atom. The van der Waals surface area contributed by atoms with Crippen LogP contribution in [0.15, 0.2) is 0 Å². The summed E-state index contributed by atoms with van der Waals surface area (Å²) in [4.78, 5) is 23.0. The fourth-order valence-corrected chi connectivity index (χ4v) is 3.80. The van der Waals surface area contributed by atoms with E-state index in [0.717, 1.165) is 43.2 Å². The molecule has 0 aromatic carbocycles. The van der Waals surface area contributed by atoms with Gasteiger partial charge in [0.2, 0.25) is 5.82 Å². The van der Waals surface area contributed by atoms with Crippen LogP contribution in [0, 0.1) is 19.8 Å². The van der Waals surface area contributed by atoms with Gasteiger partial charge in [-0.05, 0) is 39.0 Å². The van der Waals surface area contributed by atoms with Gasteiger partial charge in [-0.1, -0.05) is 0 Å². The van der Waals surface area contributed by atoms with Gasteiger partial charge < -0.3 is 20.3 Å². The molecule has 2 N–H and O–H groups in total. The lowest BCUT2D eigenvalue weighted by Gasteiger charge is -2.37. The molecule has 2 heterocycles. The Kier molecular flexibility index (Phi) is 5.54. The number of methoxy groups -OCH3 is 1. The number of aromatic nitrogens is 2. The Morgan fingerprint density at radius 1 is 1.28 bits per heavy atom. The van der Waals surface area contributed by atoms with E-state index in [0.29, 0.717) is 18.0 Å². The summed E-state index contributed by atoms with van der Waals surface area (Å²) >= 11 is 0. The number of aryl methyl sites for hydroxylation is 1. The molecule has 1 aliphatic heterocycles. The van der Waals surface area contributed by atoms with E-state index >= 15 is 0 Å². The summed E-state index contributed by atoms with van der Waals surface area (Å²) in [6, 6.07) is 1.09. The maximum atomic E-state index is 11.9. The van der Waals surface area contributed by atoms with Crippen LogP contribution in [0.2, 0.25) is 0 Å². The summed E-state index contributed by atoms with van der Waals surface area (Å²) < 4.78 is 5.22. The van der Waals surface area contributed by atoms with Crippen molar-refractivity contribution < 1.29 is 9.53 Å². The van der Waals surface area contributed by atoms with Crippen molar-refractivity contribution in [3.8, 4) is 0 Å². The van der Waals surface area contributed by atoms with E-state index in [1.165, 1.54) is 12.8 Å². The molecule has 0 bridgehead atoms. The summed E-state index contributed by atoms with van der Waals surface area (Å²) in [6.45, 7) is 6.71. The molecule has 2 fully saturated rings. The number of anilines is 1. The minimum atomic E-state index is -0.239. The van der Waals surface area contributed by atoms with Crippen molar-refractivity contribution in [3.05, 3.63) is 17.1 Å². The highest BCUT2D eigenvalue weighted by Gasteiger charge is 2.33. The molecule has 1 aromatic rings. The van der Waals surface area contributed by atoms with Crippen LogP contribution in [0.25, 0.3) is 0 Å². The molecule has 2 aliphatic rings. The highest BCUT2D eigenvalue weighted by molar-refractivity contribution is 5.90. The molecule has 7 heteroatoms. The molecular weight excluding hydrogens is 318 g/mol. The van der Waals surface area contributed by atoms with Gasteiger partial charge in [-0.3, -0.25) is 4.79 Å². The predicted octanol–water partition coefficient (Wildman–Crippen LogP) is 1.05. The van der Waals surface area contributed by atoms with E-state index in [2.05, 4.69) is 25.5 Å². The lowest BCUT2D eigenvalue weighted by Crippen LogP contribution is -2.48. The number of ether oxygens (including phenoxy) is 1. The van der Waals surface area contributed by atoms with Gasteiger partial charge in [0.05, 0.1) is 0 Å². The van der Waals surface area contributed by atoms with Crippen molar-refractivity contribution in [3.63, 3.8) is 0 Å². The molecule has 3 rings (SSSR count). The molecule has 1 saturated heterocycles. The first-order chi connectivity index (χ1) is 12.0. The molecule has 1 saturated carbocycles. The second-order valence-corrected chi connectivity index (χ2v) is 7.25. The molecule has 1 atom stereocenters. The third-order valence-electron chi connectivity index (χ3n) is 5.39. The molecular formula is C18H29N5O2. The molecule has 25 heavy (non-hydrogen) atoms. The Bertz CT molecular complexity index is 630. The Balaban J connectivity index is 1.62. The molecule has 1 aliphatic carbocycles. The van der Waals surface area contributed by atoms with Gasteiger partial charge in [0, 0.05) is 57.2 Å². The van der Waals surface area contributed by atoms with Crippen LogP contribution < -0.4 is 15.5 Å². The monoisotopic (exact) mass is 347 g/mol. The Labute approximate surface area is 149 Å². The first-order valence-electron chi connectivity index (χ1n) is 9.09. The van der Waals surface area contributed by atoms with Crippen LogP contribution in [-0.2, 0) is 4.74 Å². The summed E-state index contributed by atoms with van der Waals surface area (Å²) in [5, 5.41) is 6.37. The van der Waals surface area contributed by atoms with E-state index in [1.54, 1.807) is 14.2 Å². The fraction of sp³-hybridized carbons (Fsp3) is 0.722. The van der Waals surface area contributed by atoms with Crippen molar-refractivity contribution in [1.82, 2.24) is 20.6 Å². The Morgan fingerprint density at radius 2 is 2.04 bits per heavy atom. The number of hydrogen-bond acceptors (Lipinski definition) is 6. The minimum absolute atomic E-state index is 0.239. The van der Waals surface area contributed by atoms with E-state index in [9.17, 15) is 4.79 Å². The molecule has 1 aromatic heterocycles. The summed E-state index contributed by atoms with van der Waals surface area (Å²) in [6.07, 6.45) is 3.51. The van der Waals surface area contributed by atoms with Crippen molar-refractivity contribution in [2.45, 2.75) is 45.2 Å². The average Bonchev–Trinajstić information content (AvgIpc) is 3.03. The second kappa shape index (κ2) is 7.66. The van der Waals surface area contributed by atoms with E-state index in [-0.39, 0.29) is 11.7 Å². The number of amides is 1. The van der Waals surface area contributed by atoms with E-state index < -0.39 is 0 Å². The van der Waals surface area contributed by atoms with Crippen LogP contribution in [0.5, 0.6) is 0 Å². The van der Waals surface area contributed by atoms with Crippen LogP contribution in [0.4, 0.5) is 5.82 Å². The number of nitrogens with one attached hydrogen (secondary N) is 2. The van der Waals surface area contributed by atoms with Gasteiger partial charge >= 0.3 is 0 Å². The largest absolute Gasteiger partial charge is 0.384 e. The van der Waals surface area contributed by atoms with Gasteiger partial charge in [-0.25, -0.2) is 9.97 Å². The normalized spacial score (nSPS) is 25.8. The van der Waals surface area contributed by atoms with E-state index in [1.807, 2.05) is 13.8 Å². The minimum Gasteiger partial charge on any atom is -0.384 e. The third-order valence-corrected chi connectivity index (χ3v) is 5.39. The number of carbonyl (C=O) groups excluding carboxylic acids is 1. The van der Waals surface area contributed by atoms with E-state index in [4.69, 9.17) is 4.74 Å². The smallest absolute Gasteiger partial charge is 0.288 e. The number of carbonyl (C=O) groups is 1. The van der Waals surface area contributed by atoms with Crippen molar-refractivity contribution in [2.24, 2.45) is 5.92 Å². The molecule has 0 spiro atoms. The van der Waals surface area contributed by atoms with Gasteiger partial charge in [0.15, 0.2) is 0 Å². The summed E-state index contributed by atoms with van der Waals surface area (Å²) in [5.74, 6) is 1.61. The fourth-order valence-electron chi connectivity index (χ4n) is 3.80. The second-order valence-electron chi connectivity index (χ2n) is 7.25. The highest BCUT2D eigenvalue weighted by Crippen LogP contribution is 2.30. The lowest BCUT2D eigenvalue weighted by molar-refractivity contribution is 0.0853. The van der Waals surface area contributed by atoms with Gasteiger partial charge in [0.1, 0.15) is 5.82 Å². The molecule has 1 amide bonds. The zero-order valence-corrected chi connectivity index (χ0v) is 15.6. The predicted molar refractivity (Wildman–Crippen MR) is 97.0 cm³/mol. The van der Waals surface area contributed by atoms with Crippen LogP contribution in [0.1, 0.15) is 41.1 Å². The molecule has 0 unspecified atom stereocenters. The third kappa shape index (κ3) is 3.93. The molecule has 138 valence electrons. The molecule has 0 radical (unpaired) electrons. The maximum absolute atomic E-state index is 11.9. The highest BCUT2D eigenvalue weighted by atomic mass is 16.5. The number of nitrogens with zero attached hydrogens (tertiary/aromatic N) is 3. The topological polar surface area (TPSA) is 79.4 Å². The zero-order valence-electron chi connectivity index (χ0n) is 15.6. The van der Waals surface area contributed by atoms with Crippen molar-refractivity contribution in [1.29, 1.82) is 0 Å².